The van der Waals surface area contributed by atoms with Crippen LogP contribution in [0.15, 0.2) is 59.8 Å². The number of H-pyrrole nitrogens is 1. The molecule has 2 N–H and O–H groups in total. The minimum atomic E-state index is -0.356. The van der Waals surface area contributed by atoms with Crippen molar-refractivity contribution >= 4 is 56.5 Å². The van der Waals surface area contributed by atoms with Crippen LogP contribution in [0.4, 0.5) is 0 Å². The van der Waals surface area contributed by atoms with E-state index < -0.39 is 0 Å². The summed E-state index contributed by atoms with van der Waals surface area (Å²) in [7, 11) is 4.08. The van der Waals surface area contributed by atoms with Gasteiger partial charge in [-0.2, -0.15) is 0 Å². The van der Waals surface area contributed by atoms with E-state index in [0.717, 1.165) is 50.9 Å². The van der Waals surface area contributed by atoms with Crippen LogP contribution in [0.25, 0.3) is 33.0 Å². The van der Waals surface area contributed by atoms with Gasteiger partial charge in [-0.25, -0.2) is 0 Å². The van der Waals surface area contributed by atoms with Gasteiger partial charge in [0.15, 0.2) is 0 Å². The third-order valence-corrected chi connectivity index (χ3v) is 6.72. The van der Waals surface area contributed by atoms with Crippen LogP contribution in [-0.2, 0) is 16.1 Å². The summed E-state index contributed by atoms with van der Waals surface area (Å²) in [5.41, 5.74) is 4.40. The van der Waals surface area contributed by atoms with Crippen molar-refractivity contribution in [3.8, 4) is 0 Å². The molecule has 0 spiro atoms. The monoisotopic (exact) mass is 444 g/mol. The first-order valence-electron chi connectivity index (χ1n) is 10.5. The van der Waals surface area contributed by atoms with E-state index in [9.17, 15) is 9.59 Å². The first kappa shape index (κ1) is 20.6. The number of para-hydroxylation sites is 1. The number of nitrogens with zero attached hydrogens (tertiary/aromatic N) is 2. The van der Waals surface area contributed by atoms with Gasteiger partial charge >= 0.3 is 0 Å². The second-order valence-corrected chi connectivity index (χ2v) is 9.02. The molecule has 0 radical (unpaired) electrons. The molecule has 0 bridgehead atoms. The molecule has 1 aliphatic heterocycles. The molecule has 2 amide bonds. The van der Waals surface area contributed by atoms with Gasteiger partial charge < -0.3 is 14.5 Å². The van der Waals surface area contributed by atoms with Gasteiger partial charge in [-0.3, -0.25) is 14.9 Å². The van der Waals surface area contributed by atoms with E-state index >= 15 is 0 Å². The van der Waals surface area contributed by atoms with Crippen LogP contribution in [-0.4, -0.2) is 53.2 Å². The van der Waals surface area contributed by atoms with Gasteiger partial charge in [-0.15, -0.1) is 11.8 Å². The van der Waals surface area contributed by atoms with Crippen LogP contribution in [0.2, 0.25) is 0 Å². The van der Waals surface area contributed by atoms with Crippen LogP contribution in [0.5, 0.6) is 0 Å². The summed E-state index contributed by atoms with van der Waals surface area (Å²) in [4.78, 5) is 32.6. The zero-order valence-corrected chi connectivity index (χ0v) is 19.0. The van der Waals surface area contributed by atoms with Crippen molar-refractivity contribution in [2.75, 3.05) is 26.9 Å². The Morgan fingerprint density at radius 1 is 0.969 bits per heavy atom. The molecule has 2 aromatic heterocycles. The first-order chi connectivity index (χ1) is 15.5. The fourth-order valence-electron chi connectivity index (χ4n) is 4.42. The lowest BCUT2D eigenvalue weighted by Gasteiger charge is -2.11. The normalized spacial score (nSPS) is 14.4. The number of benzene rings is 2. The van der Waals surface area contributed by atoms with E-state index in [1.54, 1.807) is 11.8 Å². The Labute approximate surface area is 190 Å². The molecule has 0 saturated heterocycles. The molecule has 1 aliphatic rings. The molecular formula is C25H24N4O2S. The minimum absolute atomic E-state index is 0.349. The van der Waals surface area contributed by atoms with Crippen molar-refractivity contribution in [3.63, 3.8) is 0 Å². The molecule has 6 nitrogen and oxygen atoms in total. The Balaban J connectivity index is 1.81. The third kappa shape index (κ3) is 3.25. The van der Waals surface area contributed by atoms with Crippen LogP contribution < -0.4 is 5.32 Å². The lowest BCUT2D eigenvalue weighted by molar-refractivity contribution is -0.122. The van der Waals surface area contributed by atoms with Crippen LogP contribution in [0.3, 0.4) is 0 Å². The molecule has 5 rings (SSSR count). The molecule has 0 aliphatic carbocycles. The van der Waals surface area contributed by atoms with Crippen LogP contribution >= 0.6 is 11.8 Å². The number of carbonyl (C=O) groups excluding carboxylic acids is 2. The molecule has 32 heavy (non-hydrogen) atoms. The molecule has 0 fully saturated rings. The van der Waals surface area contributed by atoms with Crippen molar-refractivity contribution in [2.24, 2.45) is 0 Å². The molecular weight excluding hydrogens is 420 g/mol. The standard InChI is InChI=1S/C25H24N4O2S/c1-28(2)11-12-29-14-17(21-19(29)9-6-10-20(21)32-3)23-22(24(30)27-25(23)31)16-13-26-18-8-5-4-7-15(16)18/h4-10,13-14,26H,11-12H2,1-3H3,(H,27,30,31). The van der Waals surface area contributed by atoms with Crippen molar-refractivity contribution in [1.82, 2.24) is 19.8 Å². The molecule has 0 saturated carbocycles. The predicted molar refractivity (Wildman–Crippen MR) is 131 cm³/mol. The maximum Gasteiger partial charge on any atom is 0.259 e. The number of rotatable bonds is 6. The summed E-state index contributed by atoms with van der Waals surface area (Å²) in [5.74, 6) is -0.705. The highest BCUT2D eigenvalue weighted by atomic mass is 32.2. The van der Waals surface area contributed by atoms with Crippen molar-refractivity contribution in [2.45, 2.75) is 11.4 Å². The number of amides is 2. The van der Waals surface area contributed by atoms with Crippen LogP contribution in [0.1, 0.15) is 11.1 Å². The predicted octanol–water partition coefficient (Wildman–Crippen LogP) is 3.97. The number of fused-ring (bicyclic) bond motifs is 2. The molecule has 7 heteroatoms. The summed E-state index contributed by atoms with van der Waals surface area (Å²) in [6, 6.07) is 14.0. The van der Waals surface area contributed by atoms with Gasteiger partial charge in [0.1, 0.15) is 0 Å². The number of thioether (sulfide) groups is 1. The summed E-state index contributed by atoms with van der Waals surface area (Å²) in [6.07, 6.45) is 5.87. The second kappa shape index (κ2) is 8.00. The fourth-order valence-corrected chi connectivity index (χ4v) is 5.05. The number of imide groups is 1. The Bertz CT molecular complexity index is 1410. The minimum Gasteiger partial charge on any atom is -0.361 e. The SMILES string of the molecule is CSc1cccc2c1c(C1=C(c3c[nH]c4ccccc34)C(=O)NC1=O)cn2CCN(C)C. The Morgan fingerprint density at radius 2 is 1.72 bits per heavy atom. The molecule has 162 valence electrons. The topological polar surface area (TPSA) is 70.1 Å². The Hall–Kier alpha value is -3.29. The first-order valence-corrected chi connectivity index (χ1v) is 11.7. The van der Waals surface area contributed by atoms with E-state index in [-0.39, 0.29) is 11.8 Å². The summed E-state index contributed by atoms with van der Waals surface area (Å²) in [6.45, 7) is 1.65. The number of carbonyl (C=O) groups is 2. The molecule has 3 heterocycles. The van der Waals surface area contributed by atoms with Crippen molar-refractivity contribution in [1.29, 1.82) is 0 Å². The maximum absolute atomic E-state index is 13.1. The van der Waals surface area contributed by atoms with Gasteiger partial charge in [0.05, 0.1) is 11.1 Å². The zero-order valence-electron chi connectivity index (χ0n) is 18.2. The second-order valence-electron chi connectivity index (χ2n) is 8.18. The highest BCUT2D eigenvalue weighted by Crippen LogP contribution is 2.40. The lowest BCUT2D eigenvalue weighted by Crippen LogP contribution is -2.22. The molecule has 0 atom stereocenters. The fraction of sp³-hybridized carbons (Fsp3) is 0.200. The van der Waals surface area contributed by atoms with E-state index in [0.29, 0.717) is 11.1 Å². The number of likely N-dealkylation sites (N-methyl/N-ethyl adjacent to an activating group) is 1. The summed E-state index contributed by atoms with van der Waals surface area (Å²) in [5, 5.41) is 4.47. The largest absolute Gasteiger partial charge is 0.361 e. The summed E-state index contributed by atoms with van der Waals surface area (Å²) < 4.78 is 2.18. The van der Waals surface area contributed by atoms with E-state index in [1.165, 1.54) is 0 Å². The van der Waals surface area contributed by atoms with Gasteiger partial charge in [0.25, 0.3) is 11.8 Å². The highest BCUT2D eigenvalue weighted by molar-refractivity contribution is 7.98. The summed E-state index contributed by atoms with van der Waals surface area (Å²) >= 11 is 1.64. The quantitative estimate of drug-likeness (QED) is 0.349. The van der Waals surface area contributed by atoms with Gasteiger partial charge in [0, 0.05) is 63.3 Å². The van der Waals surface area contributed by atoms with Gasteiger partial charge in [0.2, 0.25) is 0 Å². The average molecular weight is 445 g/mol. The van der Waals surface area contributed by atoms with E-state index in [1.807, 2.05) is 63.1 Å². The zero-order chi connectivity index (χ0) is 22.4. The number of aromatic nitrogens is 2. The molecule has 2 aromatic carbocycles. The van der Waals surface area contributed by atoms with E-state index in [2.05, 4.69) is 31.9 Å². The number of nitrogens with one attached hydrogen (secondary N) is 2. The van der Waals surface area contributed by atoms with Gasteiger partial charge in [-0.1, -0.05) is 24.3 Å². The van der Waals surface area contributed by atoms with Crippen molar-refractivity contribution in [3.05, 3.63) is 66.0 Å². The number of hydrogen-bond donors (Lipinski definition) is 2. The number of aromatic amines is 1. The Kier molecular flexibility index (Phi) is 5.15. The lowest BCUT2D eigenvalue weighted by atomic mass is 9.95. The van der Waals surface area contributed by atoms with E-state index in [4.69, 9.17) is 0 Å². The van der Waals surface area contributed by atoms with Gasteiger partial charge in [-0.05, 0) is 38.6 Å². The molecule has 0 unspecified atom stereocenters. The number of hydrogen-bond acceptors (Lipinski definition) is 4. The maximum atomic E-state index is 13.1. The highest BCUT2D eigenvalue weighted by Gasteiger charge is 2.35. The van der Waals surface area contributed by atoms with Crippen LogP contribution in [0, 0.1) is 0 Å². The van der Waals surface area contributed by atoms with Crippen molar-refractivity contribution < 1.29 is 9.59 Å². The average Bonchev–Trinajstić information content (AvgIpc) is 3.44. The third-order valence-electron chi connectivity index (χ3n) is 5.94. The molecule has 4 aromatic rings. The smallest absolute Gasteiger partial charge is 0.259 e. The Morgan fingerprint density at radius 3 is 2.47 bits per heavy atom.